The molecule has 0 atom stereocenters. The molecule has 118 valence electrons. The van der Waals surface area contributed by atoms with E-state index in [-0.39, 0.29) is 0 Å². The van der Waals surface area contributed by atoms with E-state index in [2.05, 4.69) is 16.6 Å². The van der Waals surface area contributed by atoms with E-state index in [0.29, 0.717) is 5.88 Å². The van der Waals surface area contributed by atoms with E-state index >= 15 is 0 Å². The minimum absolute atomic E-state index is 0.589. The molecule has 5 nitrogen and oxygen atoms in total. The number of ether oxygens (including phenoxy) is 1. The Morgan fingerprint density at radius 1 is 1.24 bits per heavy atom. The highest BCUT2D eigenvalue weighted by Crippen LogP contribution is 2.21. The molecule has 2 rings (SSSR count). The van der Waals surface area contributed by atoms with Gasteiger partial charge in [0.05, 0.1) is 5.69 Å². The van der Waals surface area contributed by atoms with Crippen LogP contribution in [0.1, 0.15) is 38.2 Å². The van der Waals surface area contributed by atoms with Gasteiger partial charge in [-0.2, -0.15) is 5.10 Å². The van der Waals surface area contributed by atoms with Gasteiger partial charge in [0.2, 0.25) is 0 Å². The van der Waals surface area contributed by atoms with Crippen LogP contribution in [-0.2, 0) is 31.2 Å². The van der Waals surface area contributed by atoms with E-state index in [4.69, 9.17) is 21.3 Å². The lowest BCUT2D eigenvalue weighted by Gasteiger charge is -2.09. The van der Waals surface area contributed by atoms with E-state index in [1.165, 1.54) is 0 Å². The Hall–Kier alpha value is -1.07. The Balaban J connectivity index is 2.32. The molecule has 2 aromatic rings. The molecule has 21 heavy (non-hydrogen) atoms. The van der Waals surface area contributed by atoms with Crippen molar-refractivity contribution in [1.82, 2.24) is 19.3 Å². The molecular formula is C15H25ClN4O. The number of hydrogen-bond acceptors (Lipinski definition) is 3. The summed E-state index contributed by atoms with van der Waals surface area (Å²) in [5, 5.41) is 4.61. The van der Waals surface area contributed by atoms with Crippen molar-refractivity contribution in [1.29, 1.82) is 0 Å². The van der Waals surface area contributed by atoms with Crippen molar-refractivity contribution in [3.05, 3.63) is 11.5 Å². The number of hydrogen-bond donors (Lipinski definition) is 0. The van der Waals surface area contributed by atoms with Crippen LogP contribution in [0.2, 0.25) is 0 Å². The summed E-state index contributed by atoms with van der Waals surface area (Å²) in [4.78, 5) is 4.80. The number of alkyl halides is 1. The number of rotatable bonds is 9. The van der Waals surface area contributed by atoms with Gasteiger partial charge in [-0.1, -0.05) is 13.3 Å². The molecule has 0 unspecified atom stereocenters. The second-order valence-corrected chi connectivity index (χ2v) is 5.54. The highest BCUT2D eigenvalue weighted by Gasteiger charge is 2.18. The van der Waals surface area contributed by atoms with E-state index in [1.54, 1.807) is 0 Å². The molecule has 0 aromatic carbocycles. The predicted octanol–water partition coefficient (Wildman–Crippen LogP) is 2.93. The minimum Gasteiger partial charge on any atom is -0.382 e. The van der Waals surface area contributed by atoms with Crippen LogP contribution in [-0.4, -0.2) is 38.4 Å². The molecule has 6 heteroatoms. The maximum absolute atomic E-state index is 5.93. The fourth-order valence-electron chi connectivity index (χ4n) is 2.67. The van der Waals surface area contributed by atoms with Crippen LogP contribution in [0, 0.1) is 0 Å². The largest absolute Gasteiger partial charge is 0.382 e. The van der Waals surface area contributed by atoms with Crippen molar-refractivity contribution >= 4 is 22.8 Å². The third-order valence-electron chi connectivity index (χ3n) is 3.55. The standard InChI is InChI=1S/C15H25ClN4O/c1-4-7-12-14-15(19(3)18-12)20(10-6-11-21-5-2)13(17-14)8-9-16/h4-11H2,1-3H3. The smallest absolute Gasteiger partial charge is 0.158 e. The summed E-state index contributed by atoms with van der Waals surface area (Å²) in [7, 11) is 1.99. The Kier molecular flexibility index (Phi) is 6.06. The quantitative estimate of drug-likeness (QED) is 0.528. The lowest BCUT2D eigenvalue weighted by atomic mass is 10.2. The van der Waals surface area contributed by atoms with Gasteiger partial charge in [-0.25, -0.2) is 4.98 Å². The second-order valence-electron chi connectivity index (χ2n) is 5.16. The fraction of sp³-hybridized carbons (Fsp3) is 0.733. The zero-order chi connectivity index (χ0) is 15.2. The maximum atomic E-state index is 5.93. The van der Waals surface area contributed by atoms with Crippen molar-refractivity contribution in [3.8, 4) is 0 Å². The first-order chi connectivity index (χ1) is 10.2. The highest BCUT2D eigenvalue weighted by molar-refractivity contribution is 6.17. The second kappa shape index (κ2) is 7.80. The molecule has 2 aromatic heterocycles. The third-order valence-corrected chi connectivity index (χ3v) is 3.74. The van der Waals surface area contributed by atoms with Gasteiger partial charge in [0, 0.05) is 39.1 Å². The van der Waals surface area contributed by atoms with Gasteiger partial charge in [-0.3, -0.25) is 4.68 Å². The molecule has 0 N–H and O–H groups in total. The molecule has 0 aliphatic carbocycles. The van der Waals surface area contributed by atoms with Crippen molar-refractivity contribution in [2.75, 3.05) is 19.1 Å². The summed E-state index contributed by atoms with van der Waals surface area (Å²) in [5.74, 6) is 1.65. The molecule has 0 spiro atoms. The number of fused-ring (bicyclic) bond motifs is 1. The molecule has 0 aliphatic heterocycles. The average Bonchev–Trinajstić information content (AvgIpc) is 2.96. The molecule has 0 bridgehead atoms. The monoisotopic (exact) mass is 312 g/mol. The van der Waals surface area contributed by atoms with Crippen molar-refractivity contribution < 1.29 is 4.74 Å². The van der Waals surface area contributed by atoms with Gasteiger partial charge in [0.15, 0.2) is 5.65 Å². The first-order valence-corrected chi connectivity index (χ1v) is 8.31. The van der Waals surface area contributed by atoms with Crippen molar-refractivity contribution in [2.45, 2.75) is 46.1 Å². The predicted molar refractivity (Wildman–Crippen MR) is 86.0 cm³/mol. The van der Waals surface area contributed by atoms with Crippen LogP contribution in [0.5, 0.6) is 0 Å². The summed E-state index contributed by atoms with van der Waals surface area (Å²) < 4.78 is 9.64. The SMILES string of the molecule is CCCc1nn(C)c2c1nc(CCCl)n2CCCOCC. The Bertz CT molecular complexity index is 576. The molecule has 0 saturated heterocycles. The third kappa shape index (κ3) is 3.58. The number of aryl methyl sites for hydroxylation is 4. The van der Waals surface area contributed by atoms with E-state index in [1.807, 2.05) is 18.7 Å². The topological polar surface area (TPSA) is 44.9 Å². The summed E-state index contributed by atoms with van der Waals surface area (Å²) in [6, 6.07) is 0. The molecule has 0 fully saturated rings. The normalized spacial score (nSPS) is 11.6. The van der Waals surface area contributed by atoms with Gasteiger partial charge in [-0.05, 0) is 19.8 Å². The maximum Gasteiger partial charge on any atom is 0.158 e. The lowest BCUT2D eigenvalue weighted by Crippen LogP contribution is -2.10. The van der Waals surface area contributed by atoms with Crippen LogP contribution in [0.4, 0.5) is 0 Å². The van der Waals surface area contributed by atoms with Crippen LogP contribution < -0.4 is 0 Å². The number of nitrogens with zero attached hydrogens (tertiary/aromatic N) is 4. The summed E-state index contributed by atoms with van der Waals surface area (Å²) in [6.07, 6.45) is 3.81. The first kappa shape index (κ1) is 16.3. The zero-order valence-electron chi connectivity index (χ0n) is 13.2. The van der Waals surface area contributed by atoms with Gasteiger partial charge >= 0.3 is 0 Å². The van der Waals surface area contributed by atoms with E-state index in [0.717, 1.165) is 68.1 Å². The van der Waals surface area contributed by atoms with Gasteiger partial charge in [0.1, 0.15) is 11.3 Å². The summed E-state index contributed by atoms with van der Waals surface area (Å²) >= 11 is 5.93. The molecule has 0 amide bonds. The number of imidazole rings is 1. The average molecular weight is 313 g/mol. The molecule has 0 saturated carbocycles. The summed E-state index contributed by atoms with van der Waals surface area (Å²) in [6.45, 7) is 6.62. The fourth-order valence-corrected chi connectivity index (χ4v) is 2.84. The van der Waals surface area contributed by atoms with Crippen LogP contribution >= 0.6 is 11.6 Å². The van der Waals surface area contributed by atoms with Gasteiger partial charge in [0.25, 0.3) is 0 Å². The van der Waals surface area contributed by atoms with E-state index in [9.17, 15) is 0 Å². The van der Waals surface area contributed by atoms with Crippen molar-refractivity contribution in [2.24, 2.45) is 7.05 Å². The van der Waals surface area contributed by atoms with Gasteiger partial charge in [-0.15, -0.1) is 11.6 Å². The first-order valence-electron chi connectivity index (χ1n) is 7.77. The number of halogens is 1. The molecule has 2 heterocycles. The Labute approximate surface area is 131 Å². The Morgan fingerprint density at radius 3 is 2.71 bits per heavy atom. The zero-order valence-corrected chi connectivity index (χ0v) is 14.0. The molecule has 0 aliphatic rings. The van der Waals surface area contributed by atoms with Gasteiger partial charge < -0.3 is 9.30 Å². The number of aromatic nitrogens is 4. The lowest BCUT2D eigenvalue weighted by molar-refractivity contribution is 0.141. The molecular weight excluding hydrogens is 288 g/mol. The van der Waals surface area contributed by atoms with E-state index < -0.39 is 0 Å². The highest BCUT2D eigenvalue weighted by atomic mass is 35.5. The van der Waals surface area contributed by atoms with Crippen LogP contribution in [0.15, 0.2) is 0 Å². The molecule has 0 radical (unpaired) electrons. The van der Waals surface area contributed by atoms with Crippen LogP contribution in [0.25, 0.3) is 11.2 Å². The summed E-state index contributed by atoms with van der Waals surface area (Å²) in [5.41, 5.74) is 3.24. The van der Waals surface area contributed by atoms with Crippen LogP contribution in [0.3, 0.4) is 0 Å². The minimum atomic E-state index is 0.589. The Morgan fingerprint density at radius 2 is 2.05 bits per heavy atom. The van der Waals surface area contributed by atoms with Crippen molar-refractivity contribution in [3.63, 3.8) is 0 Å².